The highest BCUT2D eigenvalue weighted by molar-refractivity contribution is 5.61. The van der Waals surface area contributed by atoms with Gasteiger partial charge < -0.3 is 9.47 Å². The summed E-state index contributed by atoms with van der Waals surface area (Å²) >= 11 is 0. The SMILES string of the molecule is CCC(C)(C)OOC(C)(C)C#CC1(OC(=O)OC)CCCCC1. The van der Waals surface area contributed by atoms with E-state index in [-0.39, 0.29) is 5.60 Å². The highest BCUT2D eigenvalue weighted by Gasteiger charge is 2.35. The van der Waals surface area contributed by atoms with Gasteiger partial charge in [0.05, 0.1) is 12.7 Å². The Morgan fingerprint density at radius 2 is 1.70 bits per heavy atom. The molecule has 0 radical (unpaired) electrons. The van der Waals surface area contributed by atoms with Crippen LogP contribution < -0.4 is 0 Å². The van der Waals surface area contributed by atoms with E-state index in [2.05, 4.69) is 16.6 Å². The van der Waals surface area contributed by atoms with Crippen LogP contribution >= 0.6 is 0 Å². The lowest BCUT2D eigenvalue weighted by Crippen LogP contribution is -2.37. The summed E-state index contributed by atoms with van der Waals surface area (Å²) < 4.78 is 10.1. The van der Waals surface area contributed by atoms with Gasteiger partial charge in [0, 0.05) is 0 Å². The zero-order valence-corrected chi connectivity index (χ0v) is 15.3. The Morgan fingerprint density at radius 3 is 2.22 bits per heavy atom. The highest BCUT2D eigenvalue weighted by atomic mass is 17.2. The summed E-state index contributed by atoms with van der Waals surface area (Å²) in [5, 5.41) is 0. The summed E-state index contributed by atoms with van der Waals surface area (Å²) in [5.41, 5.74) is -1.95. The summed E-state index contributed by atoms with van der Waals surface area (Å²) in [6.07, 6.45) is 4.65. The number of hydrogen-bond donors (Lipinski definition) is 0. The molecule has 0 aliphatic heterocycles. The molecule has 0 N–H and O–H groups in total. The molecule has 1 saturated carbocycles. The minimum atomic E-state index is -0.795. The molecule has 0 unspecified atom stereocenters. The molecule has 0 atom stereocenters. The molecular formula is C18H30O5. The van der Waals surface area contributed by atoms with Gasteiger partial charge in [-0.15, -0.1) is 0 Å². The summed E-state index contributed by atoms with van der Waals surface area (Å²) in [6, 6.07) is 0. The zero-order chi connectivity index (χ0) is 17.6. The van der Waals surface area contributed by atoms with Crippen LogP contribution in [0.2, 0.25) is 0 Å². The average molecular weight is 326 g/mol. The van der Waals surface area contributed by atoms with Crippen molar-refractivity contribution in [2.45, 2.75) is 89.9 Å². The Balaban J connectivity index is 2.82. The van der Waals surface area contributed by atoms with Crippen LogP contribution in [0.5, 0.6) is 0 Å². The van der Waals surface area contributed by atoms with Gasteiger partial charge in [0.2, 0.25) is 0 Å². The van der Waals surface area contributed by atoms with Crippen LogP contribution in [0, 0.1) is 11.8 Å². The molecule has 23 heavy (non-hydrogen) atoms. The van der Waals surface area contributed by atoms with Crippen molar-refractivity contribution in [2.75, 3.05) is 7.11 Å². The van der Waals surface area contributed by atoms with Crippen LogP contribution in [-0.2, 0) is 19.2 Å². The fourth-order valence-corrected chi connectivity index (χ4v) is 2.14. The monoisotopic (exact) mass is 326 g/mol. The van der Waals surface area contributed by atoms with E-state index < -0.39 is 17.4 Å². The molecule has 1 aliphatic carbocycles. The number of hydrogen-bond acceptors (Lipinski definition) is 5. The van der Waals surface area contributed by atoms with Gasteiger partial charge in [-0.1, -0.05) is 25.2 Å². The molecule has 0 heterocycles. The molecule has 132 valence electrons. The molecule has 5 heteroatoms. The van der Waals surface area contributed by atoms with Gasteiger partial charge >= 0.3 is 6.16 Å². The second kappa shape index (κ2) is 8.03. The summed E-state index contributed by atoms with van der Waals surface area (Å²) in [6.45, 7) is 9.61. The van der Waals surface area contributed by atoms with Gasteiger partial charge in [0.25, 0.3) is 0 Å². The van der Waals surface area contributed by atoms with Crippen molar-refractivity contribution in [2.24, 2.45) is 0 Å². The molecule has 0 amide bonds. The first-order valence-electron chi connectivity index (χ1n) is 8.32. The van der Waals surface area contributed by atoms with Crippen LogP contribution in [-0.4, -0.2) is 30.1 Å². The maximum Gasteiger partial charge on any atom is 0.509 e. The molecule has 0 aromatic heterocycles. The van der Waals surface area contributed by atoms with E-state index in [1.165, 1.54) is 7.11 Å². The second-order valence-corrected chi connectivity index (χ2v) is 7.15. The first-order chi connectivity index (χ1) is 10.6. The van der Waals surface area contributed by atoms with E-state index in [9.17, 15) is 4.79 Å². The third-order valence-electron chi connectivity index (χ3n) is 4.02. The molecule has 0 aromatic rings. The summed E-state index contributed by atoms with van der Waals surface area (Å²) in [7, 11) is 1.31. The van der Waals surface area contributed by atoms with Gasteiger partial charge in [0.1, 0.15) is 0 Å². The molecule has 0 bridgehead atoms. The van der Waals surface area contributed by atoms with E-state index in [0.717, 1.165) is 25.7 Å². The van der Waals surface area contributed by atoms with Crippen LogP contribution in [0.15, 0.2) is 0 Å². The molecule has 1 fully saturated rings. The fraction of sp³-hybridized carbons (Fsp3) is 0.833. The third kappa shape index (κ3) is 6.80. The summed E-state index contributed by atoms with van der Waals surface area (Å²) in [5.74, 6) is 6.18. The van der Waals surface area contributed by atoms with Crippen molar-refractivity contribution < 1.29 is 24.0 Å². The lowest BCUT2D eigenvalue weighted by Gasteiger charge is -2.32. The number of methoxy groups -OCH3 is 1. The topological polar surface area (TPSA) is 54.0 Å². The van der Waals surface area contributed by atoms with Gasteiger partial charge in [-0.05, 0) is 59.8 Å². The van der Waals surface area contributed by atoms with Crippen molar-refractivity contribution >= 4 is 6.16 Å². The molecule has 1 rings (SSSR count). The smallest absolute Gasteiger partial charge is 0.438 e. The Bertz CT molecular complexity index is 450. The highest BCUT2D eigenvalue weighted by Crippen LogP contribution is 2.32. The van der Waals surface area contributed by atoms with E-state index in [1.54, 1.807) is 0 Å². The predicted molar refractivity (Wildman–Crippen MR) is 87.7 cm³/mol. The minimum Gasteiger partial charge on any atom is -0.438 e. The Morgan fingerprint density at radius 1 is 1.09 bits per heavy atom. The lowest BCUT2D eigenvalue weighted by molar-refractivity contribution is -0.388. The van der Waals surface area contributed by atoms with E-state index in [1.807, 2.05) is 34.6 Å². The second-order valence-electron chi connectivity index (χ2n) is 7.15. The Labute approximate surface area is 139 Å². The van der Waals surface area contributed by atoms with Gasteiger partial charge in [-0.25, -0.2) is 14.6 Å². The molecule has 1 aliphatic rings. The maximum atomic E-state index is 11.5. The molecular weight excluding hydrogens is 296 g/mol. The van der Waals surface area contributed by atoms with Gasteiger partial charge in [-0.3, -0.25) is 0 Å². The standard InChI is InChI=1S/C18H30O5/c1-7-16(2,3)22-23-17(4,5)13-14-18(21-15(19)20-6)11-9-8-10-12-18/h7-12H2,1-6H3. The molecule has 0 spiro atoms. The Kier molecular flexibility index (Phi) is 6.91. The number of carbonyl (C=O) groups excluding carboxylic acids is 1. The Hall–Kier alpha value is -1.25. The van der Waals surface area contributed by atoms with Crippen molar-refractivity contribution in [3.63, 3.8) is 0 Å². The van der Waals surface area contributed by atoms with Crippen LogP contribution in [0.1, 0.15) is 73.1 Å². The van der Waals surface area contributed by atoms with Crippen LogP contribution in [0.3, 0.4) is 0 Å². The number of rotatable bonds is 5. The maximum absolute atomic E-state index is 11.5. The summed E-state index contributed by atoms with van der Waals surface area (Å²) in [4.78, 5) is 22.5. The molecule has 0 saturated heterocycles. The zero-order valence-electron chi connectivity index (χ0n) is 15.3. The van der Waals surface area contributed by atoms with E-state index in [0.29, 0.717) is 12.8 Å². The fourth-order valence-electron chi connectivity index (χ4n) is 2.14. The van der Waals surface area contributed by atoms with E-state index >= 15 is 0 Å². The predicted octanol–water partition coefficient (Wildman–Crippen LogP) is 4.39. The lowest BCUT2D eigenvalue weighted by atomic mass is 9.84. The average Bonchev–Trinajstić information content (AvgIpc) is 2.52. The van der Waals surface area contributed by atoms with Crippen molar-refractivity contribution in [1.29, 1.82) is 0 Å². The van der Waals surface area contributed by atoms with Crippen molar-refractivity contribution in [1.82, 2.24) is 0 Å². The quantitative estimate of drug-likeness (QED) is 0.324. The van der Waals surface area contributed by atoms with Crippen LogP contribution in [0.25, 0.3) is 0 Å². The van der Waals surface area contributed by atoms with Crippen molar-refractivity contribution in [3.05, 3.63) is 0 Å². The normalized spacial score (nSPS) is 17.8. The van der Waals surface area contributed by atoms with Crippen LogP contribution in [0.4, 0.5) is 4.79 Å². The molecule has 5 nitrogen and oxygen atoms in total. The first-order valence-corrected chi connectivity index (χ1v) is 8.32. The first kappa shape index (κ1) is 19.8. The number of carbonyl (C=O) groups is 1. The van der Waals surface area contributed by atoms with Gasteiger partial charge in [0.15, 0.2) is 11.2 Å². The molecule has 0 aromatic carbocycles. The van der Waals surface area contributed by atoms with Gasteiger partial charge in [-0.2, -0.15) is 0 Å². The third-order valence-corrected chi connectivity index (χ3v) is 4.02. The minimum absolute atomic E-state index is 0.371. The number of ether oxygens (including phenoxy) is 2. The van der Waals surface area contributed by atoms with Crippen molar-refractivity contribution in [3.8, 4) is 11.8 Å². The van der Waals surface area contributed by atoms with E-state index in [4.69, 9.17) is 14.5 Å². The largest absolute Gasteiger partial charge is 0.509 e.